The van der Waals surface area contributed by atoms with Crippen molar-refractivity contribution in [1.82, 2.24) is 0 Å². The van der Waals surface area contributed by atoms with Crippen molar-refractivity contribution in [2.24, 2.45) is 0 Å². The molecule has 0 unspecified atom stereocenters. The summed E-state index contributed by atoms with van der Waals surface area (Å²) >= 11 is 0. The highest BCUT2D eigenvalue weighted by Crippen LogP contribution is 2.24. The number of methoxy groups -OCH3 is 1. The van der Waals surface area contributed by atoms with E-state index >= 15 is 0 Å². The van der Waals surface area contributed by atoms with Crippen LogP contribution in [0, 0.1) is 0 Å². The molecule has 2 aromatic carbocycles. The van der Waals surface area contributed by atoms with Crippen molar-refractivity contribution in [3.63, 3.8) is 0 Å². The van der Waals surface area contributed by atoms with Gasteiger partial charge < -0.3 is 4.74 Å². The normalized spacial score (nSPS) is 10.5. The Hall–Kier alpha value is -1.60. The molecule has 0 aliphatic rings. The molecule has 0 bridgehead atoms. The van der Waals surface area contributed by atoms with Crippen molar-refractivity contribution < 1.29 is 4.74 Å². The SMILES string of the molecule is COC(c1ccccc1)c1ccccc1. The van der Waals surface area contributed by atoms with Crippen molar-refractivity contribution in [2.75, 3.05) is 7.11 Å². The predicted molar refractivity (Wildman–Crippen MR) is 61.7 cm³/mol. The van der Waals surface area contributed by atoms with E-state index in [2.05, 4.69) is 24.3 Å². The largest absolute Gasteiger partial charge is 0.372 e. The molecule has 0 fully saturated rings. The van der Waals surface area contributed by atoms with E-state index in [0.29, 0.717) is 0 Å². The Morgan fingerprint density at radius 1 is 0.733 bits per heavy atom. The van der Waals surface area contributed by atoms with E-state index < -0.39 is 0 Å². The molecule has 0 aliphatic heterocycles. The fourth-order valence-corrected chi connectivity index (χ4v) is 1.72. The van der Waals surface area contributed by atoms with Crippen LogP contribution in [0.25, 0.3) is 0 Å². The number of rotatable bonds is 3. The maximum Gasteiger partial charge on any atom is 0.107 e. The molecule has 0 atom stereocenters. The van der Waals surface area contributed by atoms with E-state index in [1.165, 1.54) is 11.1 Å². The van der Waals surface area contributed by atoms with Crippen LogP contribution in [0.2, 0.25) is 0 Å². The highest BCUT2D eigenvalue weighted by Gasteiger charge is 2.11. The van der Waals surface area contributed by atoms with Crippen LogP contribution in [-0.2, 0) is 4.74 Å². The van der Waals surface area contributed by atoms with Gasteiger partial charge in [-0.25, -0.2) is 0 Å². The average molecular weight is 198 g/mol. The Bertz CT molecular complexity index is 355. The third kappa shape index (κ3) is 2.25. The van der Waals surface area contributed by atoms with Gasteiger partial charge in [0.25, 0.3) is 0 Å². The zero-order chi connectivity index (χ0) is 10.5. The van der Waals surface area contributed by atoms with Crippen LogP contribution < -0.4 is 0 Å². The molecule has 0 N–H and O–H groups in total. The van der Waals surface area contributed by atoms with Gasteiger partial charge in [-0.2, -0.15) is 0 Å². The van der Waals surface area contributed by atoms with Gasteiger partial charge in [0.1, 0.15) is 6.10 Å². The van der Waals surface area contributed by atoms with Gasteiger partial charge in [0.2, 0.25) is 0 Å². The maximum absolute atomic E-state index is 5.52. The summed E-state index contributed by atoms with van der Waals surface area (Å²) in [5, 5.41) is 0. The molecule has 0 radical (unpaired) electrons. The van der Waals surface area contributed by atoms with Gasteiger partial charge in [-0.1, -0.05) is 60.7 Å². The lowest BCUT2D eigenvalue weighted by molar-refractivity contribution is 0.136. The van der Waals surface area contributed by atoms with Gasteiger partial charge in [-0.05, 0) is 11.1 Å². The molecule has 15 heavy (non-hydrogen) atoms. The molecule has 1 heteroatoms. The van der Waals surface area contributed by atoms with Crippen LogP contribution in [0.15, 0.2) is 60.7 Å². The Morgan fingerprint density at radius 3 is 1.47 bits per heavy atom. The van der Waals surface area contributed by atoms with E-state index in [0.717, 1.165) is 0 Å². The van der Waals surface area contributed by atoms with Crippen molar-refractivity contribution in [1.29, 1.82) is 0 Å². The van der Waals surface area contributed by atoms with Crippen LogP contribution in [0.4, 0.5) is 0 Å². The Labute approximate surface area is 90.3 Å². The topological polar surface area (TPSA) is 9.23 Å². The first-order valence-electron chi connectivity index (χ1n) is 5.04. The first kappa shape index (κ1) is 9.94. The Morgan fingerprint density at radius 2 is 1.13 bits per heavy atom. The zero-order valence-corrected chi connectivity index (χ0v) is 8.76. The third-order valence-electron chi connectivity index (χ3n) is 2.44. The smallest absolute Gasteiger partial charge is 0.107 e. The second kappa shape index (κ2) is 4.76. The van der Waals surface area contributed by atoms with Crippen LogP contribution >= 0.6 is 0 Å². The molecule has 2 rings (SSSR count). The summed E-state index contributed by atoms with van der Waals surface area (Å²) in [6.45, 7) is 0. The van der Waals surface area contributed by atoms with Gasteiger partial charge in [0.05, 0.1) is 0 Å². The van der Waals surface area contributed by atoms with E-state index in [1.54, 1.807) is 7.11 Å². The average Bonchev–Trinajstić information content (AvgIpc) is 2.33. The minimum Gasteiger partial charge on any atom is -0.372 e. The summed E-state index contributed by atoms with van der Waals surface area (Å²) < 4.78 is 5.52. The quantitative estimate of drug-likeness (QED) is 0.734. The molecule has 2 aromatic rings. The number of ether oxygens (including phenoxy) is 1. The molecule has 1 nitrogen and oxygen atoms in total. The molecule has 0 saturated carbocycles. The van der Waals surface area contributed by atoms with E-state index in [-0.39, 0.29) is 6.10 Å². The van der Waals surface area contributed by atoms with Gasteiger partial charge in [0, 0.05) is 7.11 Å². The van der Waals surface area contributed by atoms with E-state index in [1.807, 2.05) is 36.4 Å². The van der Waals surface area contributed by atoms with E-state index in [9.17, 15) is 0 Å². The van der Waals surface area contributed by atoms with Crippen molar-refractivity contribution in [3.05, 3.63) is 71.8 Å². The third-order valence-corrected chi connectivity index (χ3v) is 2.44. The summed E-state index contributed by atoms with van der Waals surface area (Å²) in [4.78, 5) is 0. The molecule has 0 aromatic heterocycles. The summed E-state index contributed by atoms with van der Waals surface area (Å²) in [7, 11) is 1.74. The fraction of sp³-hybridized carbons (Fsp3) is 0.143. The molecular formula is C14H14O. The summed E-state index contributed by atoms with van der Waals surface area (Å²) in [5.74, 6) is 0. The number of hydrogen-bond acceptors (Lipinski definition) is 1. The first-order chi connectivity index (χ1) is 7.42. The molecule has 0 heterocycles. The lowest BCUT2D eigenvalue weighted by Crippen LogP contribution is -2.02. The summed E-state index contributed by atoms with van der Waals surface area (Å²) in [5.41, 5.74) is 2.37. The standard InChI is InChI=1S/C14H14O/c1-15-14(12-8-4-2-5-9-12)13-10-6-3-7-11-13/h2-11,14H,1H3. The van der Waals surface area contributed by atoms with Crippen LogP contribution in [0.3, 0.4) is 0 Å². The fourth-order valence-electron chi connectivity index (χ4n) is 1.72. The van der Waals surface area contributed by atoms with Gasteiger partial charge in [-0.3, -0.25) is 0 Å². The van der Waals surface area contributed by atoms with E-state index in [4.69, 9.17) is 4.74 Å². The van der Waals surface area contributed by atoms with Crippen LogP contribution in [-0.4, -0.2) is 7.11 Å². The second-order valence-corrected chi connectivity index (χ2v) is 3.44. The minimum atomic E-state index is 0.0346. The van der Waals surface area contributed by atoms with Crippen molar-refractivity contribution in [2.45, 2.75) is 6.10 Å². The Balaban J connectivity index is 2.34. The highest BCUT2D eigenvalue weighted by molar-refractivity contribution is 5.29. The molecular weight excluding hydrogens is 184 g/mol. The summed E-state index contributed by atoms with van der Waals surface area (Å²) in [6.07, 6.45) is 0.0346. The highest BCUT2D eigenvalue weighted by atomic mass is 16.5. The molecule has 76 valence electrons. The predicted octanol–water partition coefficient (Wildman–Crippen LogP) is 3.42. The lowest BCUT2D eigenvalue weighted by atomic mass is 10.0. The van der Waals surface area contributed by atoms with Crippen molar-refractivity contribution in [3.8, 4) is 0 Å². The monoisotopic (exact) mass is 198 g/mol. The maximum atomic E-state index is 5.52. The minimum absolute atomic E-state index is 0.0346. The first-order valence-corrected chi connectivity index (χ1v) is 5.04. The van der Waals surface area contributed by atoms with Gasteiger partial charge >= 0.3 is 0 Å². The van der Waals surface area contributed by atoms with Crippen LogP contribution in [0.5, 0.6) is 0 Å². The second-order valence-electron chi connectivity index (χ2n) is 3.44. The molecule has 0 saturated heterocycles. The summed E-state index contributed by atoms with van der Waals surface area (Å²) in [6, 6.07) is 20.5. The molecule has 0 spiro atoms. The van der Waals surface area contributed by atoms with Crippen molar-refractivity contribution >= 4 is 0 Å². The molecule has 0 aliphatic carbocycles. The lowest BCUT2D eigenvalue weighted by Gasteiger charge is -2.15. The van der Waals surface area contributed by atoms with Gasteiger partial charge in [-0.15, -0.1) is 0 Å². The zero-order valence-electron chi connectivity index (χ0n) is 8.76. The Kier molecular flexibility index (Phi) is 3.15. The van der Waals surface area contributed by atoms with Crippen LogP contribution in [0.1, 0.15) is 17.2 Å². The van der Waals surface area contributed by atoms with Gasteiger partial charge in [0.15, 0.2) is 0 Å². The molecule has 0 amide bonds. The number of benzene rings is 2. The number of hydrogen-bond donors (Lipinski definition) is 0.